The van der Waals surface area contributed by atoms with E-state index in [2.05, 4.69) is 42.3 Å². The van der Waals surface area contributed by atoms with Crippen LogP contribution < -0.4 is 48.0 Å². The first-order valence-electron chi connectivity index (χ1n) is 10.8. The first kappa shape index (κ1) is 33.7. The van der Waals surface area contributed by atoms with E-state index < -0.39 is 0 Å². The third kappa shape index (κ3) is 15.4. The minimum atomic E-state index is -0.271. The van der Waals surface area contributed by atoms with Crippen molar-refractivity contribution in [2.24, 2.45) is 0 Å². The van der Waals surface area contributed by atoms with Crippen molar-refractivity contribution in [2.45, 2.75) is 51.7 Å². The van der Waals surface area contributed by atoms with E-state index in [1.54, 1.807) is 0 Å². The van der Waals surface area contributed by atoms with Gasteiger partial charge in [0.25, 0.3) is 0 Å². The number of rotatable bonds is 12. The van der Waals surface area contributed by atoms with E-state index in [0.29, 0.717) is 0 Å². The predicted octanol–water partition coefficient (Wildman–Crippen LogP) is -2.12. The molecule has 1 aromatic carbocycles. The number of quaternary nitrogens is 2. The van der Waals surface area contributed by atoms with Crippen molar-refractivity contribution in [1.29, 1.82) is 0 Å². The van der Waals surface area contributed by atoms with Crippen LogP contribution in [0.2, 0.25) is 0 Å². The summed E-state index contributed by atoms with van der Waals surface area (Å²) < 4.78 is 12.9. The highest BCUT2D eigenvalue weighted by Crippen LogP contribution is 2.28. The van der Waals surface area contributed by atoms with Crippen LogP contribution in [0.3, 0.4) is 0 Å². The van der Waals surface area contributed by atoms with Gasteiger partial charge in [0.2, 0.25) is 0 Å². The fourth-order valence-corrected chi connectivity index (χ4v) is 3.42. The molecule has 8 heteroatoms. The van der Waals surface area contributed by atoms with Crippen LogP contribution in [0.15, 0.2) is 24.3 Å². The van der Waals surface area contributed by atoms with Gasteiger partial charge in [-0.3, -0.25) is 9.59 Å². The van der Waals surface area contributed by atoms with Crippen molar-refractivity contribution in [3.8, 4) is 0 Å². The van der Waals surface area contributed by atoms with Crippen molar-refractivity contribution in [3.63, 3.8) is 0 Å². The van der Waals surface area contributed by atoms with Crippen LogP contribution in [0.4, 0.5) is 0 Å². The highest BCUT2D eigenvalue weighted by molar-refractivity contribution is 5.66. The van der Waals surface area contributed by atoms with Gasteiger partial charge in [-0.25, -0.2) is 0 Å². The van der Waals surface area contributed by atoms with E-state index in [1.807, 2.05) is 24.3 Å². The first-order valence-corrected chi connectivity index (χ1v) is 10.8. The van der Waals surface area contributed by atoms with Crippen LogP contribution in [0.25, 0.3) is 0 Å². The number of benzene rings is 1. The Hall–Kier alpha value is -0.460. The van der Waals surface area contributed by atoms with Crippen molar-refractivity contribution >= 4 is 11.9 Å². The fraction of sp³-hybridized carbons (Fsp3) is 0.667. The molecule has 0 bridgehead atoms. The van der Waals surface area contributed by atoms with Crippen molar-refractivity contribution < 1.29 is 76.0 Å². The summed E-state index contributed by atoms with van der Waals surface area (Å²) in [6.07, 6.45) is 2.98. The highest BCUT2D eigenvalue weighted by Gasteiger charge is 2.20. The average molecular weight is 676 g/mol. The van der Waals surface area contributed by atoms with E-state index in [1.165, 1.54) is 13.8 Å². The number of hydrogen-bond acceptors (Lipinski definition) is 4. The molecule has 0 aliphatic heterocycles. The molecule has 1 aromatic rings. The van der Waals surface area contributed by atoms with Gasteiger partial charge in [0.05, 0.1) is 55.4 Å². The van der Waals surface area contributed by atoms with Crippen molar-refractivity contribution in [1.82, 2.24) is 0 Å². The van der Waals surface area contributed by atoms with Gasteiger partial charge < -0.3 is 66.4 Å². The van der Waals surface area contributed by atoms with Crippen LogP contribution in [0.1, 0.15) is 62.9 Å². The van der Waals surface area contributed by atoms with Gasteiger partial charge in [-0.1, -0.05) is 24.3 Å². The number of carbonyl (C=O) groups is 2. The second-order valence-electron chi connectivity index (χ2n) is 10.2. The Morgan fingerprint density at radius 3 is 1.19 bits per heavy atom. The molecule has 0 radical (unpaired) electrons. The quantitative estimate of drug-likeness (QED) is 0.145. The lowest BCUT2D eigenvalue weighted by atomic mass is 9.99. The summed E-state index contributed by atoms with van der Waals surface area (Å²) in [4.78, 5) is 23.2. The largest absolute Gasteiger partial charge is 1.00 e. The molecule has 0 fully saturated rings. The lowest BCUT2D eigenvalue weighted by Gasteiger charge is -2.26. The first-order chi connectivity index (χ1) is 13.8. The molecule has 1 rings (SSSR count). The smallest absolute Gasteiger partial charge is 0.303 e. The molecular weight excluding hydrogens is 634 g/mol. The molecule has 2 atom stereocenters. The Morgan fingerprint density at radius 2 is 0.969 bits per heavy atom. The lowest BCUT2D eigenvalue weighted by molar-refractivity contribution is -0.870. The molecular formula is C24H42I2N2O4. The van der Waals surface area contributed by atoms with Gasteiger partial charge in [0.15, 0.2) is 0 Å². The second kappa shape index (κ2) is 15.4. The average Bonchev–Trinajstić information content (AvgIpc) is 2.57. The summed E-state index contributed by atoms with van der Waals surface area (Å²) in [5.74, 6) is -0.542. The zero-order valence-corrected chi connectivity index (χ0v) is 25.3. The van der Waals surface area contributed by atoms with Gasteiger partial charge in [-0.2, -0.15) is 0 Å². The Balaban J connectivity index is 0. The Bertz CT molecular complexity index is 624. The van der Waals surface area contributed by atoms with Crippen LogP contribution in [0, 0.1) is 0 Å². The zero-order valence-electron chi connectivity index (χ0n) is 21.0. The highest BCUT2D eigenvalue weighted by atomic mass is 127. The fourth-order valence-electron chi connectivity index (χ4n) is 3.42. The van der Waals surface area contributed by atoms with Gasteiger partial charge in [0, 0.05) is 26.7 Å². The molecule has 0 aliphatic carbocycles. The van der Waals surface area contributed by atoms with Gasteiger partial charge in [0.1, 0.15) is 12.2 Å². The van der Waals surface area contributed by atoms with Gasteiger partial charge in [-0.15, -0.1) is 0 Å². The maximum atomic E-state index is 11.6. The molecule has 0 N–H and O–H groups in total. The van der Waals surface area contributed by atoms with Gasteiger partial charge in [-0.05, 0) is 24.0 Å². The number of esters is 2. The number of carbonyl (C=O) groups excluding carboxylic acids is 2. The summed E-state index contributed by atoms with van der Waals surface area (Å²) in [6, 6.07) is 7.97. The normalized spacial score (nSPS) is 13.2. The molecule has 0 aromatic heterocycles. The summed E-state index contributed by atoms with van der Waals surface area (Å²) in [6.45, 7) is 4.92. The van der Waals surface area contributed by atoms with E-state index in [0.717, 1.165) is 58.9 Å². The number of hydrogen-bond donors (Lipinski definition) is 0. The van der Waals surface area contributed by atoms with Crippen molar-refractivity contribution in [2.75, 3.05) is 55.4 Å². The van der Waals surface area contributed by atoms with Crippen LogP contribution in [-0.4, -0.2) is 76.3 Å². The summed E-state index contributed by atoms with van der Waals surface area (Å²) in [5, 5.41) is 0. The molecule has 0 saturated carbocycles. The van der Waals surface area contributed by atoms with Gasteiger partial charge >= 0.3 is 11.9 Å². The molecule has 32 heavy (non-hydrogen) atoms. The summed E-state index contributed by atoms with van der Waals surface area (Å²) in [5.41, 5.74) is 1.95. The summed E-state index contributed by atoms with van der Waals surface area (Å²) >= 11 is 0. The standard InChI is InChI=1S/C24H42N2O4.2HI/c1-19(27)29-23(11-9-17-25(3,4)5)21-13-15-22(16-14-21)24(30-20(2)28)12-10-18-26(6,7)8;;/h13-16,23-24H,9-12,17-18H2,1-8H3;2*1H/q+2;;/p-2. The molecule has 0 heterocycles. The van der Waals surface area contributed by atoms with E-state index in [-0.39, 0.29) is 72.1 Å². The predicted molar refractivity (Wildman–Crippen MR) is 120 cm³/mol. The molecule has 0 saturated heterocycles. The third-order valence-electron chi connectivity index (χ3n) is 4.89. The zero-order chi connectivity index (χ0) is 22.9. The van der Waals surface area contributed by atoms with Crippen molar-refractivity contribution in [3.05, 3.63) is 35.4 Å². The molecule has 0 spiro atoms. The SMILES string of the molecule is CC(=O)OC(CCC[N+](C)(C)C)c1ccc(C(CCC[N+](C)(C)C)OC(C)=O)cc1.[I-].[I-]. The molecule has 0 aliphatic rings. The Labute approximate surface area is 229 Å². The monoisotopic (exact) mass is 676 g/mol. The minimum Gasteiger partial charge on any atom is -1.00 e. The number of halogens is 2. The molecule has 2 unspecified atom stereocenters. The van der Waals surface area contributed by atoms with Crippen LogP contribution in [0.5, 0.6) is 0 Å². The Morgan fingerprint density at radius 1 is 0.688 bits per heavy atom. The minimum absolute atomic E-state index is 0. The number of nitrogens with zero attached hydrogens (tertiary/aromatic N) is 2. The Kier molecular flexibility index (Phi) is 16.3. The topological polar surface area (TPSA) is 52.6 Å². The van der Waals surface area contributed by atoms with Crippen LogP contribution in [-0.2, 0) is 19.1 Å². The summed E-state index contributed by atoms with van der Waals surface area (Å²) in [7, 11) is 12.9. The molecule has 6 nitrogen and oxygen atoms in total. The molecule has 0 amide bonds. The lowest BCUT2D eigenvalue weighted by Crippen LogP contribution is -3.00. The maximum Gasteiger partial charge on any atom is 0.303 e. The van der Waals surface area contributed by atoms with E-state index >= 15 is 0 Å². The van der Waals surface area contributed by atoms with E-state index in [9.17, 15) is 9.59 Å². The van der Waals surface area contributed by atoms with E-state index in [4.69, 9.17) is 9.47 Å². The number of ether oxygens (including phenoxy) is 2. The van der Waals surface area contributed by atoms with Crippen LogP contribution >= 0.6 is 0 Å². The molecule has 186 valence electrons. The third-order valence-corrected chi connectivity index (χ3v) is 4.89. The maximum absolute atomic E-state index is 11.6. The second-order valence-corrected chi connectivity index (χ2v) is 10.2.